The number of halogens is 1. The highest BCUT2D eigenvalue weighted by Crippen LogP contribution is 2.35. The molecule has 0 bridgehead atoms. The van der Waals surface area contributed by atoms with Crippen LogP contribution >= 0.6 is 11.3 Å². The first-order valence-corrected chi connectivity index (χ1v) is 7.67. The van der Waals surface area contributed by atoms with Gasteiger partial charge >= 0.3 is 0 Å². The predicted octanol–water partition coefficient (Wildman–Crippen LogP) is 2.73. The number of benzene rings is 1. The van der Waals surface area contributed by atoms with Gasteiger partial charge in [0.15, 0.2) is 0 Å². The summed E-state index contributed by atoms with van der Waals surface area (Å²) in [5.41, 5.74) is 6.43. The summed E-state index contributed by atoms with van der Waals surface area (Å²) < 4.78 is 19.3. The largest absolute Gasteiger partial charge is 0.397 e. The minimum atomic E-state index is -0.340. The van der Waals surface area contributed by atoms with Gasteiger partial charge in [0, 0.05) is 36.2 Å². The summed E-state index contributed by atoms with van der Waals surface area (Å²) in [6.45, 7) is 2.07. The zero-order chi connectivity index (χ0) is 15.0. The quantitative estimate of drug-likeness (QED) is 0.948. The van der Waals surface area contributed by atoms with Gasteiger partial charge in [-0.25, -0.2) is 4.39 Å². The Kier molecular flexibility index (Phi) is 3.82. The molecule has 2 aromatic rings. The number of nitrogens with two attached hydrogens (primary N) is 1. The molecule has 0 radical (unpaired) electrons. The summed E-state index contributed by atoms with van der Waals surface area (Å²) in [4.78, 5) is 14.9. The number of anilines is 1. The SMILES string of the molecule is COCC1CCN(C(=O)c2sc3ccc(F)cc3c2N)C1. The van der Waals surface area contributed by atoms with Gasteiger partial charge in [0.05, 0.1) is 12.3 Å². The molecule has 1 aliphatic rings. The number of carbonyl (C=O) groups excluding carboxylic acids is 1. The fourth-order valence-corrected chi connectivity index (χ4v) is 3.85. The number of likely N-dealkylation sites (tertiary alicyclic amines) is 1. The number of hydrogen-bond donors (Lipinski definition) is 1. The topological polar surface area (TPSA) is 55.6 Å². The van der Waals surface area contributed by atoms with Crippen molar-refractivity contribution in [2.75, 3.05) is 32.5 Å². The lowest BCUT2D eigenvalue weighted by molar-refractivity contribution is 0.0781. The van der Waals surface area contributed by atoms with Gasteiger partial charge in [0.25, 0.3) is 5.91 Å². The summed E-state index contributed by atoms with van der Waals surface area (Å²) in [5.74, 6) is -0.0213. The Morgan fingerprint density at radius 2 is 2.38 bits per heavy atom. The lowest BCUT2D eigenvalue weighted by Gasteiger charge is -2.15. The van der Waals surface area contributed by atoms with Crippen LogP contribution in [0.4, 0.5) is 10.1 Å². The number of amides is 1. The second-order valence-electron chi connectivity index (χ2n) is 5.35. The number of methoxy groups -OCH3 is 1. The molecule has 2 heterocycles. The van der Waals surface area contributed by atoms with Crippen molar-refractivity contribution >= 4 is 33.0 Å². The Hall–Kier alpha value is -1.66. The highest BCUT2D eigenvalue weighted by molar-refractivity contribution is 7.21. The van der Waals surface area contributed by atoms with Crippen LogP contribution in [-0.4, -0.2) is 37.6 Å². The molecular weight excluding hydrogens is 291 g/mol. The van der Waals surface area contributed by atoms with E-state index < -0.39 is 0 Å². The fraction of sp³-hybridized carbons (Fsp3) is 0.400. The summed E-state index contributed by atoms with van der Waals surface area (Å²) in [6.07, 6.45) is 0.943. The number of carbonyl (C=O) groups is 1. The number of thiophene rings is 1. The minimum Gasteiger partial charge on any atom is -0.397 e. The van der Waals surface area contributed by atoms with E-state index in [0.717, 1.165) is 17.7 Å². The highest BCUT2D eigenvalue weighted by Gasteiger charge is 2.29. The van der Waals surface area contributed by atoms with Gasteiger partial charge in [-0.1, -0.05) is 0 Å². The van der Waals surface area contributed by atoms with Crippen LogP contribution in [0, 0.1) is 11.7 Å². The van der Waals surface area contributed by atoms with E-state index in [4.69, 9.17) is 10.5 Å². The average Bonchev–Trinajstić information content (AvgIpc) is 3.05. The van der Waals surface area contributed by atoms with E-state index in [2.05, 4.69) is 0 Å². The molecule has 3 rings (SSSR count). The maximum atomic E-state index is 13.3. The van der Waals surface area contributed by atoms with Gasteiger partial charge in [0.1, 0.15) is 10.7 Å². The third-order valence-corrected chi connectivity index (χ3v) is 5.03. The van der Waals surface area contributed by atoms with E-state index in [1.807, 2.05) is 0 Å². The molecule has 1 unspecified atom stereocenters. The van der Waals surface area contributed by atoms with Crippen LogP contribution in [0.3, 0.4) is 0 Å². The van der Waals surface area contributed by atoms with Crippen LogP contribution in [0.15, 0.2) is 18.2 Å². The lowest BCUT2D eigenvalue weighted by atomic mass is 10.1. The number of rotatable bonds is 3. The molecule has 1 aromatic carbocycles. The molecule has 2 N–H and O–H groups in total. The van der Waals surface area contributed by atoms with Gasteiger partial charge in [-0.05, 0) is 24.6 Å². The van der Waals surface area contributed by atoms with Gasteiger partial charge in [-0.15, -0.1) is 11.3 Å². The zero-order valence-electron chi connectivity index (χ0n) is 11.8. The van der Waals surface area contributed by atoms with E-state index in [1.165, 1.54) is 23.5 Å². The molecule has 1 amide bonds. The first-order chi connectivity index (χ1) is 10.1. The molecule has 0 aliphatic carbocycles. The van der Waals surface area contributed by atoms with E-state index in [1.54, 1.807) is 18.1 Å². The molecule has 0 spiro atoms. The number of fused-ring (bicyclic) bond motifs is 1. The van der Waals surface area contributed by atoms with Crippen LogP contribution < -0.4 is 5.73 Å². The summed E-state index contributed by atoms with van der Waals surface area (Å²) in [5, 5.41) is 0.621. The molecule has 6 heteroatoms. The molecule has 21 heavy (non-hydrogen) atoms. The highest BCUT2D eigenvalue weighted by atomic mass is 32.1. The van der Waals surface area contributed by atoms with Crippen LogP contribution in [-0.2, 0) is 4.74 Å². The normalized spacial score (nSPS) is 18.6. The third-order valence-electron chi connectivity index (χ3n) is 3.86. The second kappa shape index (κ2) is 5.61. The van der Waals surface area contributed by atoms with Crippen LogP contribution in [0.5, 0.6) is 0 Å². The molecule has 1 aromatic heterocycles. The first kappa shape index (κ1) is 14.3. The predicted molar refractivity (Wildman–Crippen MR) is 82.1 cm³/mol. The van der Waals surface area contributed by atoms with Crippen LogP contribution in [0.25, 0.3) is 10.1 Å². The van der Waals surface area contributed by atoms with Crippen molar-refractivity contribution in [2.45, 2.75) is 6.42 Å². The molecule has 0 saturated carbocycles. The summed E-state index contributed by atoms with van der Waals surface area (Å²) in [6, 6.07) is 4.44. The number of nitrogens with zero attached hydrogens (tertiary/aromatic N) is 1. The van der Waals surface area contributed by atoms with E-state index in [-0.39, 0.29) is 11.7 Å². The number of ether oxygens (including phenoxy) is 1. The van der Waals surface area contributed by atoms with Crippen molar-refractivity contribution in [2.24, 2.45) is 5.92 Å². The molecular formula is C15H17FN2O2S. The Labute approximate surface area is 126 Å². The van der Waals surface area contributed by atoms with Crippen molar-refractivity contribution in [3.8, 4) is 0 Å². The van der Waals surface area contributed by atoms with Gasteiger partial charge < -0.3 is 15.4 Å². The first-order valence-electron chi connectivity index (χ1n) is 6.86. The summed E-state index contributed by atoms with van der Waals surface area (Å²) in [7, 11) is 1.67. The van der Waals surface area contributed by atoms with Crippen LogP contribution in [0.2, 0.25) is 0 Å². The Balaban J connectivity index is 1.87. The fourth-order valence-electron chi connectivity index (χ4n) is 2.78. The monoisotopic (exact) mass is 308 g/mol. The molecule has 1 saturated heterocycles. The number of hydrogen-bond acceptors (Lipinski definition) is 4. The maximum absolute atomic E-state index is 13.3. The Morgan fingerprint density at radius 1 is 1.57 bits per heavy atom. The van der Waals surface area contributed by atoms with Crippen molar-refractivity contribution < 1.29 is 13.9 Å². The van der Waals surface area contributed by atoms with Crippen molar-refractivity contribution in [3.63, 3.8) is 0 Å². The summed E-state index contributed by atoms with van der Waals surface area (Å²) >= 11 is 1.33. The van der Waals surface area contributed by atoms with E-state index in [0.29, 0.717) is 35.0 Å². The molecule has 1 fully saturated rings. The second-order valence-corrected chi connectivity index (χ2v) is 6.40. The minimum absolute atomic E-state index is 0.0623. The van der Waals surface area contributed by atoms with Gasteiger partial charge in [0.2, 0.25) is 0 Å². The number of nitrogen functional groups attached to an aromatic ring is 1. The molecule has 1 atom stereocenters. The third kappa shape index (κ3) is 2.61. The standard InChI is InChI=1S/C15H17FN2O2S/c1-20-8-9-4-5-18(7-9)15(19)14-13(17)11-6-10(16)2-3-12(11)21-14/h2-3,6,9H,4-5,7-8,17H2,1H3. The molecule has 4 nitrogen and oxygen atoms in total. The molecule has 112 valence electrons. The Morgan fingerprint density at radius 3 is 3.14 bits per heavy atom. The van der Waals surface area contributed by atoms with Crippen LogP contribution in [0.1, 0.15) is 16.1 Å². The van der Waals surface area contributed by atoms with E-state index in [9.17, 15) is 9.18 Å². The zero-order valence-corrected chi connectivity index (χ0v) is 12.6. The van der Waals surface area contributed by atoms with Gasteiger partial charge in [-0.2, -0.15) is 0 Å². The van der Waals surface area contributed by atoms with Gasteiger partial charge in [-0.3, -0.25) is 4.79 Å². The average molecular weight is 308 g/mol. The Bertz CT molecular complexity index is 686. The van der Waals surface area contributed by atoms with Crippen molar-refractivity contribution in [1.82, 2.24) is 4.90 Å². The lowest BCUT2D eigenvalue weighted by Crippen LogP contribution is -2.29. The van der Waals surface area contributed by atoms with Crippen molar-refractivity contribution in [1.29, 1.82) is 0 Å². The smallest absolute Gasteiger partial charge is 0.266 e. The maximum Gasteiger partial charge on any atom is 0.266 e. The van der Waals surface area contributed by atoms with Crippen molar-refractivity contribution in [3.05, 3.63) is 28.9 Å². The van der Waals surface area contributed by atoms with E-state index >= 15 is 0 Å². The molecule has 1 aliphatic heterocycles.